The molecule has 1 aliphatic carbocycles. The van der Waals surface area contributed by atoms with E-state index < -0.39 is 0 Å². The van der Waals surface area contributed by atoms with Gasteiger partial charge in [0.1, 0.15) is 0 Å². The van der Waals surface area contributed by atoms with Crippen LogP contribution < -0.4 is 0 Å². The first-order chi connectivity index (χ1) is 6.38. The molecule has 0 bridgehead atoms. The summed E-state index contributed by atoms with van der Waals surface area (Å²) in [6, 6.07) is 3.09. The zero-order valence-corrected chi connectivity index (χ0v) is 8.63. The SMILES string of the molecule is CCCN(CCCCC#N)C1CC1. The fourth-order valence-corrected chi connectivity index (χ4v) is 1.72. The average molecular weight is 180 g/mol. The summed E-state index contributed by atoms with van der Waals surface area (Å²) in [5, 5.41) is 8.39. The van der Waals surface area contributed by atoms with Crippen LogP contribution in [0.1, 0.15) is 45.4 Å². The Morgan fingerprint density at radius 3 is 2.62 bits per heavy atom. The summed E-state index contributed by atoms with van der Waals surface area (Å²) in [5.74, 6) is 0. The van der Waals surface area contributed by atoms with E-state index >= 15 is 0 Å². The minimum Gasteiger partial charge on any atom is -0.300 e. The van der Waals surface area contributed by atoms with E-state index in [-0.39, 0.29) is 0 Å². The second-order valence-corrected chi connectivity index (χ2v) is 3.88. The topological polar surface area (TPSA) is 27.0 Å². The van der Waals surface area contributed by atoms with Crippen molar-refractivity contribution >= 4 is 0 Å². The third kappa shape index (κ3) is 4.28. The lowest BCUT2D eigenvalue weighted by atomic mass is 10.2. The van der Waals surface area contributed by atoms with Crippen molar-refractivity contribution in [2.75, 3.05) is 13.1 Å². The van der Waals surface area contributed by atoms with Crippen molar-refractivity contribution in [2.24, 2.45) is 0 Å². The highest BCUT2D eigenvalue weighted by Gasteiger charge is 2.27. The molecule has 1 saturated carbocycles. The maximum atomic E-state index is 8.39. The van der Waals surface area contributed by atoms with Crippen LogP contribution in [0.3, 0.4) is 0 Å². The van der Waals surface area contributed by atoms with Gasteiger partial charge in [-0.2, -0.15) is 5.26 Å². The lowest BCUT2D eigenvalue weighted by Gasteiger charge is -2.20. The first-order valence-corrected chi connectivity index (χ1v) is 5.49. The van der Waals surface area contributed by atoms with Crippen molar-refractivity contribution in [2.45, 2.75) is 51.5 Å². The lowest BCUT2D eigenvalue weighted by Crippen LogP contribution is -2.27. The van der Waals surface area contributed by atoms with E-state index in [1.807, 2.05) is 0 Å². The van der Waals surface area contributed by atoms with Crippen LogP contribution in [0.25, 0.3) is 0 Å². The number of hydrogen-bond donors (Lipinski definition) is 0. The Balaban J connectivity index is 2.04. The molecule has 0 unspecified atom stereocenters. The summed E-state index contributed by atoms with van der Waals surface area (Å²) < 4.78 is 0. The second kappa shape index (κ2) is 5.99. The van der Waals surface area contributed by atoms with Crippen molar-refractivity contribution in [3.63, 3.8) is 0 Å². The molecule has 2 heteroatoms. The van der Waals surface area contributed by atoms with Gasteiger partial charge in [0, 0.05) is 12.5 Å². The van der Waals surface area contributed by atoms with Crippen LogP contribution in [0.5, 0.6) is 0 Å². The van der Waals surface area contributed by atoms with Gasteiger partial charge in [-0.3, -0.25) is 0 Å². The summed E-state index contributed by atoms with van der Waals surface area (Å²) in [5.41, 5.74) is 0. The number of unbranched alkanes of at least 4 members (excludes halogenated alkanes) is 2. The Labute approximate surface area is 81.5 Å². The number of rotatable bonds is 7. The van der Waals surface area contributed by atoms with E-state index in [0.717, 1.165) is 18.9 Å². The van der Waals surface area contributed by atoms with Gasteiger partial charge in [0.05, 0.1) is 6.07 Å². The molecule has 0 saturated heterocycles. The highest BCUT2D eigenvalue weighted by atomic mass is 15.2. The van der Waals surface area contributed by atoms with Crippen LogP contribution in [-0.2, 0) is 0 Å². The van der Waals surface area contributed by atoms with Gasteiger partial charge in [-0.1, -0.05) is 6.92 Å². The van der Waals surface area contributed by atoms with Gasteiger partial charge in [0.25, 0.3) is 0 Å². The largest absolute Gasteiger partial charge is 0.300 e. The van der Waals surface area contributed by atoms with Gasteiger partial charge in [-0.15, -0.1) is 0 Å². The highest BCUT2D eigenvalue weighted by Crippen LogP contribution is 2.27. The Kier molecular flexibility index (Phi) is 4.85. The Morgan fingerprint density at radius 2 is 2.08 bits per heavy atom. The third-order valence-electron chi connectivity index (χ3n) is 2.56. The molecule has 74 valence electrons. The van der Waals surface area contributed by atoms with E-state index in [1.54, 1.807) is 0 Å². The third-order valence-corrected chi connectivity index (χ3v) is 2.56. The average Bonchev–Trinajstić information content (AvgIpc) is 2.93. The van der Waals surface area contributed by atoms with Gasteiger partial charge in [0.15, 0.2) is 0 Å². The molecule has 0 N–H and O–H groups in total. The van der Waals surface area contributed by atoms with E-state index in [1.165, 1.54) is 38.8 Å². The molecule has 13 heavy (non-hydrogen) atoms. The molecule has 0 aliphatic heterocycles. The summed E-state index contributed by atoms with van der Waals surface area (Å²) in [4.78, 5) is 2.59. The van der Waals surface area contributed by atoms with Crippen LogP contribution in [-0.4, -0.2) is 24.0 Å². The monoisotopic (exact) mass is 180 g/mol. The summed E-state index contributed by atoms with van der Waals surface area (Å²) in [6.07, 6.45) is 7.06. The number of nitriles is 1. The molecular formula is C11H20N2. The van der Waals surface area contributed by atoms with Crippen molar-refractivity contribution in [3.05, 3.63) is 0 Å². The summed E-state index contributed by atoms with van der Waals surface area (Å²) >= 11 is 0. The van der Waals surface area contributed by atoms with Crippen molar-refractivity contribution in [1.82, 2.24) is 4.90 Å². The number of hydrogen-bond acceptors (Lipinski definition) is 2. The molecule has 0 atom stereocenters. The molecule has 1 aliphatic rings. The van der Waals surface area contributed by atoms with Crippen LogP contribution in [0.2, 0.25) is 0 Å². The zero-order valence-electron chi connectivity index (χ0n) is 8.63. The van der Waals surface area contributed by atoms with Crippen molar-refractivity contribution in [1.29, 1.82) is 5.26 Å². The molecule has 0 aromatic heterocycles. The first kappa shape index (κ1) is 10.5. The van der Waals surface area contributed by atoms with Gasteiger partial charge in [0.2, 0.25) is 0 Å². The molecule has 0 aromatic carbocycles. The van der Waals surface area contributed by atoms with E-state index in [0.29, 0.717) is 0 Å². The van der Waals surface area contributed by atoms with Gasteiger partial charge < -0.3 is 4.90 Å². The molecule has 2 nitrogen and oxygen atoms in total. The molecular weight excluding hydrogens is 160 g/mol. The molecule has 1 fully saturated rings. The van der Waals surface area contributed by atoms with Crippen molar-refractivity contribution < 1.29 is 0 Å². The quantitative estimate of drug-likeness (QED) is 0.563. The van der Waals surface area contributed by atoms with Crippen LogP contribution in [0.15, 0.2) is 0 Å². The van der Waals surface area contributed by atoms with Crippen molar-refractivity contribution in [3.8, 4) is 6.07 Å². The normalized spacial score (nSPS) is 16.1. The van der Waals surface area contributed by atoms with Crippen LogP contribution in [0, 0.1) is 11.3 Å². The molecule has 0 radical (unpaired) electrons. The lowest BCUT2D eigenvalue weighted by molar-refractivity contribution is 0.259. The smallest absolute Gasteiger partial charge is 0.0621 e. The van der Waals surface area contributed by atoms with E-state index in [4.69, 9.17) is 5.26 Å². The first-order valence-electron chi connectivity index (χ1n) is 5.49. The molecule has 0 amide bonds. The Bertz CT molecular complexity index is 167. The van der Waals surface area contributed by atoms with Gasteiger partial charge >= 0.3 is 0 Å². The maximum absolute atomic E-state index is 8.39. The van der Waals surface area contributed by atoms with Gasteiger partial charge in [-0.05, 0) is 45.2 Å². The van der Waals surface area contributed by atoms with E-state index in [2.05, 4.69) is 17.9 Å². The molecule has 0 aromatic rings. The molecule has 0 heterocycles. The van der Waals surface area contributed by atoms with E-state index in [9.17, 15) is 0 Å². The predicted molar refractivity (Wildman–Crippen MR) is 54.4 cm³/mol. The Morgan fingerprint density at radius 1 is 1.31 bits per heavy atom. The minimum absolute atomic E-state index is 0.727. The molecule has 1 rings (SSSR count). The predicted octanol–water partition coefficient (Wildman–Crippen LogP) is 2.55. The maximum Gasteiger partial charge on any atom is 0.0621 e. The number of nitrogens with zero attached hydrogens (tertiary/aromatic N) is 2. The molecule has 0 spiro atoms. The van der Waals surface area contributed by atoms with Crippen LogP contribution >= 0.6 is 0 Å². The minimum atomic E-state index is 0.727. The fraction of sp³-hybridized carbons (Fsp3) is 0.909. The second-order valence-electron chi connectivity index (χ2n) is 3.88. The summed E-state index contributed by atoms with van der Waals surface area (Å²) in [7, 11) is 0. The van der Waals surface area contributed by atoms with Gasteiger partial charge in [-0.25, -0.2) is 0 Å². The standard InChI is InChI=1S/C11H20N2/c1-2-9-13(11-6-7-11)10-5-3-4-8-12/h11H,2-7,9-10H2,1H3. The Hall–Kier alpha value is -0.550. The highest BCUT2D eigenvalue weighted by molar-refractivity contribution is 4.84. The van der Waals surface area contributed by atoms with Crippen LogP contribution in [0.4, 0.5) is 0 Å². The fourth-order valence-electron chi connectivity index (χ4n) is 1.72. The summed E-state index contributed by atoms with van der Waals surface area (Å²) in [6.45, 7) is 4.70. The zero-order chi connectivity index (χ0) is 9.52.